The molecule has 0 N–H and O–H groups in total. The molecule has 0 aromatic carbocycles. The number of methoxy groups -OCH3 is 1. The Labute approximate surface area is 47.9 Å². The van der Waals surface area contributed by atoms with Gasteiger partial charge in [0.2, 0.25) is 0 Å². The minimum absolute atomic E-state index is 0.0832. The van der Waals surface area contributed by atoms with Crippen molar-refractivity contribution in [3.63, 3.8) is 0 Å². The third-order valence-corrected chi connectivity index (χ3v) is 0.452. The van der Waals surface area contributed by atoms with Crippen molar-refractivity contribution in [3.05, 3.63) is 12.5 Å². The molecule has 3 nitrogen and oxygen atoms in total. The first-order valence-electron chi connectivity index (χ1n) is 2.15. The van der Waals surface area contributed by atoms with E-state index in [-0.39, 0.29) is 6.61 Å². The maximum absolute atomic E-state index is 9.57. The van der Waals surface area contributed by atoms with Crippen LogP contribution in [0.15, 0.2) is 12.5 Å². The van der Waals surface area contributed by atoms with E-state index in [4.69, 9.17) is 0 Å². The van der Waals surface area contributed by atoms with E-state index in [0.717, 1.165) is 0 Å². The van der Waals surface area contributed by atoms with Gasteiger partial charge in [-0.3, -0.25) is 4.79 Å². The summed E-state index contributed by atoms with van der Waals surface area (Å²) in [5, 5.41) is 0. The number of hydrogen-bond donors (Lipinski definition) is 0. The molecule has 0 amide bonds. The second-order valence-corrected chi connectivity index (χ2v) is 1.01. The summed E-state index contributed by atoms with van der Waals surface area (Å²) in [6, 6.07) is 0. The molecular formula is C5H8O3. The van der Waals surface area contributed by atoms with Gasteiger partial charge in [0.05, 0.1) is 7.11 Å². The van der Waals surface area contributed by atoms with Gasteiger partial charge in [-0.2, -0.15) is 0 Å². The SMILES string of the molecule is CO/C=C/OCC=O. The third kappa shape index (κ3) is 5.01. The highest BCUT2D eigenvalue weighted by Gasteiger charge is 1.71. The summed E-state index contributed by atoms with van der Waals surface area (Å²) in [7, 11) is 1.50. The summed E-state index contributed by atoms with van der Waals surface area (Å²) in [6.45, 7) is 0.0832. The Hall–Kier alpha value is -0.990. The first-order valence-corrected chi connectivity index (χ1v) is 2.15. The molecule has 0 saturated heterocycles. The summed E-state index contributed by atoms with van der Waals surface area (Å²) < 4.78 is 9.02. The number of hydrogen-bond acceptors (Lipinski definition) is 3. The van der Waals surface area contributed by atoms with E-state index >= 15 is 0 Å². The van der Waals surface area contributed by atoms with Crippen molar-refractivity contribution in [1.29, 1.82) is 0 Å². The summed E-state index contributed by atoms with van der Waals surface area (Å²) in [5.74, 6) is 0. The molecule has 0 unspecified atom stereocenters. The summed E-state index contributed by atoms with van der Waals surface area (Å²) >= 11 is 0. The molecule has 0 spiro atoms. The maximum atomic E-state index is 9.57. The summed E-state index contributed by atoms with van der Waals surface area (Å²) in [6.07, 6.45) is 3.33. The van der Waals surface area contributed by atoms with Gasteiger partial charge in [0.25, 0.3) is 0 Å². The molecule has 8 heavy (non-hydrogen) atoms. The first-order chi connectivity index (χ1) is 3.91. The fraction of sp³-hybridized carbons (Fsp3) is 0.400. The predicted octanol–water partition coefficient (Wildman–Crippen LogP) is 0.319. The van der Waals surface area contributed by atoms with Crippen LogP contribution < -0.4 is 0 Å². The lowest BCUT2D eigenvalue weighted by Gasteiger charge is -1.88. The van der Waals surface area contributed by atoms with Gasteiger partial charge in [-0.05, 0) is 0 Å². The number of aldehydes is 1. The summed E-state index contributed by atoms with van der Waals surface area (Å²) in [5.41, 5.74) is 0. The van der Waals surface area contributed by atoms with Crippen molar-refractivity contribution in [2.75, 3.05) is 13.7 Å². The lowest BCUT2D eigenvalue weighted by Crippen LogP contribution is -1.85. The van der Waals surface area contributed by atoms with Crippen molar-refractivity contribution in [3.8, 4) is 0 Å². The van der Waals surface area contributed by atoms with E-state index in [0.29, 0.717) is 6.29 Å². The van der Waals surface area contributed by atoms with E-state index in [1.54, 1.807) is 0 Å². The maximum Gasteiger partial charge on any atom is 0.157 e. The Balaban J connectivity index is 2.90. The van der Waals surface area contributed by atoms with Crippen molar-refractivity contribution in [2.45, 2.75) is 0 Å². The highest BCUT2D eigenvalue weighted by atomic mass is 16.5. The van der Waals surface area contributed by atoms with Crippen molar-refractivity contribution in [1.82, 2.24) is 0 Å². The van der Waals surface area contributed by atoms with Gasteiger partial charge in [-0.25, -0.2) is 0 Å². The largest absolute Gasteiger partial charge is 0.501 e. The molecule has 0 rings (SSSR count). The van der Waals surface area contributed by atoms with Crippen LogP contribution in [-0.4, -0.2) is 20.0 Å². The molecule has 0 aromatic rings. The van der Waals surface area contributed by atoms with E-state index < -0.39 is 0 Å². The Kier molecular flexibility index (Phi) is 5.27. The zero-order chi connectivity index (χ0) is 6.24. The Bertz CT molecular complexity index is 77.7. The Morgan fingerprint density at radius 3 is 2.75 bits per heavy atom. The Morgan fingerprint density at radius 1 is 1.50 bits per heavy atom. The standard InChI is InChI=1S/C5H8O3/c1-7-4-5-8-3-2-6/h2,4-5H,3H2,1H3/b5-4+. The van der Waals surface area contributed by atoms with Gasteiger partial charge < -0.3 is 9.47 Å². The van der Waals surface area contributed by atoms with E-state index in [1.807, 2.05) is 0 Å². The minimum atomic E-state index is 0.0832. The smallest absolute Gasteiger partial charge is 0.157 e. The molecule has 0 aliphatic carbocycles. The van der Waals surface area contributed by atoms with Gasteiger partial charge >= 0.3 is 0 Å². The quantitative estimate of drug-likeness (QED) is 0.301. The molecule has 0 heterocycles. The topological polar surface area (TPSA) is 35.5 Å². The first kappa shape index (κ1) is 7.01. The van der Waals surface area contributed by atoms with Crippen LogP contribution in [-0.2, 0) is 14.3 Å². The van der Waals surface area contributed by atoms with Crippen LogP contribution in [0.4, 0.5) is 0 Å². The summed E-state index contributed by atoms with van der Waals surface area (Å²) in [4.78, 5) is 9.57. The second-order valence-electron chi connectivity index (χ2n) is 1.01. The monoisotopic (exact) mass is 116 g/mol. The highest BCUT2D eigenvalue weighted by molar-refractivity contribution is 5.50. The normalized spacial score (nSPS) is 9.12. The average molecular weight is 116 g/mol. The molecule has 3 heteroatoms. The molecule has 0 bridgehead atoms. The highest BCUT2D eigenvalue weighted by Crippen LogP contribution is 1.73. The second kappa shape index (κ2) is 6.01. The van der Waals surface area contributed by atoms with Gasteiger partial charge in [0.1, 0.15) is 19.1 Å². The molecule has 0 aliphatic rings. The molecule has 0 aliphatic heterocycles. The Morgan fingerprint density at radius 2 is 2.25 bits per heavy atom. The molecule has 46 valence electrons. The number of carbonyl (C=O) groups excluding carboxylic acids is 1. The molecular weight excluding hydrogens is 108 g/mol. The predicted molar refractivity (Wildman–Crippen MR) is 28.2 cm³/mol. The molecule has 0 aromatic heterocycles. The van der Waals surface area contributed by atoms with Crippen LogP contribution >= 0.6 is 0 Å². The zero-order valence-corrected chi connectivity index (χ0v) is 4.66. The van der Waals surface area contributed by atoms with Crippen LogP contribution in [0, 0.1) is 0 Å². The van der Waals surface area contributed by atoms with Crippen LogP contribution in [0.25, 0.3) is 0 Å². The number of ether oxygens (including phenoxy) is 2. The van der Waals surface area contributed by atoms with Crippen LogP contribution in [0.5, 0.6) is 0 Å². The molecule has 0 fully saturated rings. The van der Waals surface area contributed by atoms with Gasteiger partial charge in [0.15, 0.2) is 6.29 Å². The van der Waals surface area contributed by atoms with E-state index in [9.17, 15) is 4.79 Å². The van der Waals surface area contributed by atoms with E-state index in [2.05, 4.69) is 9.47 Å². The lowest BCUT2D eigenvalue weighted by molar-refractivity contribution is -0.110. The van der Waals surface area contributed by atoms with Crippen molar-refractivity contribution in [2.24, 2.45) is 0 Å². The third-order valence-electron chi connectivity index (χ3n) is 0.452. The van der Waals surface area contributed by atoms with E-state index in [1.165, 1.54) is 19.6 Å². The minimum Gasteiger partial charge on any atom is -0.501 e. The average Bonchev–Trinajstić information content (AvgIpc) is 1.81. The molecule has 0 atom stereocenters. The van der Waals surface area contributed by atoms with Crippen molar-refractivity contribution >= 4 is 6.29 Å². The van der Waals surface area contributed by atoms with Crippen LogP contribution in [0.1, 0.15) is 0 Å². The fourth-order valence-electron chi connectivity index (χ4n) is 0.190. The van der Waals surface area contributed by atoms with Crippen molar-refractivity contribution < 1.29 is 14.3 Å². The van der Waals surface area contributed by atoms with Crippen LogP contribution in [0.2, 0.25) is 0 Å². The van der Waals surface area contributed by atoms with Gasteiger partial charge in [-0.1, -0.05) is 0 Å². The fourth-order valence-corrected chi connectivity index (χ4v) is 0.190. The number of rotatable bonds is 4. The molecule has 0 saturated carbocycles. The lowest BCUT2D eigenvalue weighted by atomic mass is 10.8. The number of carbonyl (C=O) groups is 1. The van der Waals surface area contributed by atoms with Gasteiger partial charge in [0, 0.05) is 0 Å². The zero-order valence-electron chi connectivity index (χ0n) is 4.66. The van der Waals surface area contributed by atoms with Gasteiger partial charge in [-0.15, -0.1) is 0 Å². The van der Waals surface area contributed by atoms with Crippen LogP contribution in [0.3, 0.4) is 0 Å². The molecule has 0 radical (unpaired) electrons.